The van der Waals surface area contributed by atoms with Crippen molar-refractivity contribution in [3.63, 3.8) is 0 Å². The van der Waals surface area contributed by atoms with Crippen LogP contribution in [0.4, 0.5) is 26.0 Å². The molecule has 55 heavy (non-hydrogen) atoms. The first-order valence-corrected chi connectivity index (χ1v) is 19.7. The Morgan fingerprint density at radius 2 is 1.71 bits per heavy atom. The molecule has 2 amide bonds. The van der Waals surface area contributed by atoms with Crippen LogP contribution in [0.15, 0.2) is 36.8 Å². The number of imidazole rings is 1. The van der Waals surface area contributed by atoms with Crippen molar-refractivity contribution in [2.75, 3.05) is 23.4 Å². The Labute approximate surface area is 320 Å². The van der Waals surface area contributed by atoms with Crippen LogP contribution < -0.4 is 15.5 Å². The maximum absolute atomic E-state index is 15.7. The summed E-state index contributed by atoms with van der Waals surface area (Å²) in [4.78, 5) is 46.9. The van der Waals surface area contributed by atoms with Gasteiger partial charge in [0.25, 0.3) is 5.91 Å². The van der Waals surface area contributed by atoms with E-state index in [2.05, 4.69) is 22.5 Å². The Hall–Kier alpha value is -4.49. The van der Waals surface area contributed by atoms with Crippen LogP contribution in [0, 0.1) is 12.7 Å². The van der Waals surface area contributed by atoms with E-state index in [9.17, 15) is 14.0 Å². The molecule has 2 saturated carbocycles. The smallest absolute Gasteiger partial charge is 0.252 e. The molecule has 0 spiro atoms. The van der Waals surface area contributed by atoms with E-state index in [1.54, 1.807) is 19.4 Å². The van der Waals surface area contributed by atoms with Crippen molar-refractivity contribution >= 4 is 40.0 Å². The van der Waals surface area contributed by atoms with E-state index in [-0.39, 0.29) is 34.8 Å². The summed E-state index contributed by atoms with van der Waals surface area (Å²) in [6, 6.07) is 7.62. The van der Waals surface area contributed by atoms with E-state index in [0.29, 0.717) is 58.6 Å². The molecule has 9 rings (SSSR count). The lowest BCUT2D eigenvalue weighted by atomic mass is 9.71. The standard InChI is InChI=1S/C42H50F2N8O3/c1-22(2)50-21-46-33-15-31(47-37(35(33)50)48-32-14-29(23(3)12-30(32)44)38(53)49-42(10-11-42)24(4)43)25-13-34-36(45-18-25)40(5,6)39(54)51(34)28-16-41(7,17-28)52-26-8-9-27(52)20-55-19-26/h12-15,18,21-22,24,26-28H,8-11,16-17,19-20H2,1-7H3,(H,47,48)(H,49,53). The Morgan fingerprint density at radius 1 is 1.00 bits per heavy atom. The van der Waals surface area contributed by atoms with Crippen LogP contribution in [0.1, 0.15) is 108 Å². The largest absolute Gasteiger partial charge is 0.378 e. The third-order valence-corrected chi connectivity index (χ3v) is 13.2. The van der Waals surface area contributed by atoms with Crippen molar-refractivity contribution in [3.8, 4) is 11.3 Å². The van der Waals surface area contributed by atoms with Crippen LogP contribution in [0.5, 0.6) is 0 Å². The van der Waals surface area contributed by atoms with Gasteiger partial charge in [0.15, 0.2) is 5.82 Å². The first-order chi connectivity index (χ1) is 26.1. The molecule has 11 nitrogen and oxygen atoms in total. The van der Waals surface area contributed by atoms with Crippen molar-refractivity contribution in [1.29, 1.82) is 0 Å². The van der Waals surface area contributed by atoms with E-state index in [1.807, 2.05) is 49.3 Å². The molecular weight excluding hydrogens is 703 g/mol. The van der Waals surface area contributed by atoms with Gasteiger partial charge in [0, 0.05) is 47.0 Å². The van der Waals surface area contributed by atoms with Crippen molar-refractivity contribution in [2.45, 2.75) is 134 Å². The molecule has 3 aliphatic heterocycles. The summed E-state index contributed by atoms with van der Waals surface area (Å²) in [5.41, 5.74) is 3.21. The maximum atomic E-state index is 15.7. The Balaban J connectivity index is 1.07. The number of hydrogen-bond donors (Lipinski definition) is 2. The lowest BCUT2D eigenvalue weighted by Crippen LogP contribution is -2.67. The van der Waals surface area contributed by atoms with Gasteiger partial charge in [0.1, 0.15) is 17.5 Å². The van der Waals surface area contributed by atoms with Crippen LogP contribution >= 0.6 is 0 Å². The number of ether oxygens (including phenoxy) is 1. The normalized spacial score (nSPS) is 27.0. The fourth-order valence-electron chi connectivity index (χ4n) is 9.87. The number of morpholine rings is 1. The van der Waals surface area contributed by atoms with Gasteiger partial charge in [0.05, 0.1) is 58.8 Å². The third kappa shape index (κ3) is 5.66. The number of halogens is 2. The zero-order valence-electron chi connectivity index (χ0n) is 32.7. The first kappa shape index (κ1) is 36.2. The molecule has 290 valence electrons. The molecule has 2 saturated heterocycles. The summed E-state index contributed by atoms with van der Waals surface area (Å²) in [6.45, 7) is 15.0. The van der Waals surface area contributed by atoms with Crippen molar-refractivity contribution in [2.24, 2.45) is 0 Å². The number of fused-ring (bicyclic) bond motifs is 4. The minimum Gasteiger partial charge on any atom is -0.378 e. The second-order valence-corrected chi connectivity index (χ2v) is 17.7. The zero-order chi connectivity index (χ0) is 38.8. The van der Waals surface area contributed by atoms with Crippen LogP contribution in [0.25, 0.3) is 22.3 Å². The summed E-state index contributed by atoms with van der Waals surface area (Å²) in [5.74, 6) is -0.600. The molecule has 4 fully saturated rings. The Kier molecular flexibility index (Phi) is 8.23. The predicted octanol–water partition coefficient (Wildman–Crippen LogP) is 7.29. The van der Waals surface area contributed by atoms with Gasteiger partial charge in [0.2, 0.25) is 5.91 Å². The van der Waals surface area contributed by atoms with Gasteiger partial charge in [-0.1, -0.05) is 0 Å². The van der Waals surface area contributed by atoms with Gasteiger partial charge in [-0.3, -0.25) is 19.5 Å². The highest BCUT2D eigenvalue weighted by molar-refractivity contribution is 6.08. The monoisotopic (exact) mass is 752 g/mol. The molecule has 3 atom stereocenters. The third-order valence-electron chi connectivity index (χ3n) is 13.2. The number of benzene rings is 1. The highest BCUT2D eigenvalue weighted by Gasteiger charge is 2.58. The highest BCUT2D eigenvalue weighted by Crippen LogP contribution is 2.52. The van der Waals surface area contributed by atoms with Gasteiger partial charge in [-0.15, -0.1) is 0 Å². The number of anilines is 3. The molecule has 0 radical (unpaired) electrons. The SMILES string of the molecule is Cc1cc(F)c(Nc2nc(-c3cnc4c(c3)N(C3CC(C)(N5C6CCC5COC6)C3)C(=O)C4(C)C)cc3ncn(C(C)C)c23)cc1C(=O)NC1(C(C)F)CC1. The van der Waals surface area contributed by atoms with E-state index < -0.39 is 28.8 Å². The van der Waals surface area contributed by atoms with Gasteiger partial charge >= 0.3 is 0 Å². The van der Waals surface area contributed by atoms with Crippen LogP contribution in [-0.4, -0.2) is 84.8 Å². The molecule has 5 aliphatic rings. The lowest BCUT2D eigenvalue weighted by molar-refractivity contribution is -0.126. The molecule has 6 heterocycles. The summed E-state index contributed by atoms with van der Waals surface area (Å²) >= 11 is 0. The second kappa shape index (κ2) is 12.5. The van der Waals surface area contributed by atoms with Gasteiger partial charge in [-0.25, -0.2) is 18.7 Å². The Bertz CT molecular complexity index is 2220. The van der Waals surface area contributed by atoms with Crippen LogP contribution in [-0.2, 0) is 14.9 Å². The fourth-order valence-corrected chi connectivity index (χ4v) is 9.87. The molecule has 3 unspecified atom stereocenters. The molecule has 2 N–H and O–H groups in total. The van der Waals surface area contributed by atoms with Crippen LogP contribution in [0.3, 0.4) is 0 Å². The summed E-state index contributed by atoms with van der Waals surface area (Å²) in [6.07, 6.45) is 7.50. The number of aryl methyl sites for hydroxylation is 1. The van der Waals surface area contributed by atoms with Crippen molar-refractivity contribution in [1.82, 2.24) is 29.7 Å². The number of carbonyl (C=O) groups excluding carboxylic acids is 2. The van der Waals surface area contributed by atoms with E-state index in [1.165, 1.54) is 19.1 Å². The number of hydrogen-bond acceptors (Lipinski definition) is 8. The molecule has 2 bridgehead atoms. The number of carbonyl (C=O) groups is 2. The topological polar surface area (TPSA) is 118 Å². The van der Waals surface area contributed by atoms with E-state index >= 15 is 4.39 Å². The molecule has 13 heteroatoms. The fraction of sp³-hybridized carbons (Fsp3) is 0.548. The number of pyridine rings is 2. The van der Waals surface area contributed by atoms with Gasteiger partial charge in [-0.05, 0) is 117 Å². The van der Waals surface area contributed by atoms with Gasteiger partial charge in [-0.2, -0.15) is 0 Å². The number of nitrogens with one attached hydrogen (secondary N) is 2. The second-order valence-electron chi connectivity index (χ2n) is 17.7. The molecular formula is C42H50F2N8O3. The first-order valence-electron chi connectivity index (χ1n) is 19.7. The Morgan fingerprint density at radius 3 is 2.36 bits per heavy atom. The van der Waals surface area contributed by atoms with Crippen molar-refractivity contribution < 1.29 is 23.1 Å². The summed E-state index contributed by atoms with van der Waals surface area (Å²) in [5, 5.41) is 6.06. The quantitative estimate of drug-likeness (QED) is 0.183. The summed E-state index contributed by atoms with van der Waals surface area (Å²) in [7, 11) is 0. The number of alkyl halides is 1. The summed E-state index contributed by atoms with van der Waals surface area (Å²) < 4.78 is 37.9. The highest BCUT2D eigenvalue weighted by atomic mass is 19.1. The van der Waals surface area contributed by atoms with E-state index in [4.69, 9.17) is 19.7 Å². The lowest BCUT2D eigenvalue weighted by Gasteiger charge is -2.58. The number of amides is 2. The number of aromatic nitrogens is 4. The molecule has 1 aromatic carbocycles. The average molecular weight is 753 g/mol. The minimum absolute atomic E-state index is 0.0116. The zero-order valence-corrected chi connectivity index (χ0v) is 32.7. The molecule has 2 aliphatic carbocycles. The molecule has 4 aromatic rings. The van der Waals surface area contributed by atoms with E-state index in [0.717, 1.165) is 50.3 Å². The number of rotatable bonds is 9. The maximum Gasteiger partial charge on any atom is 0.252 e. The van der Waals surface area contributed by atoms with Gasteiger partial charge < -0.3 is 24.8 Å². The molecule has 3 aromatic heterocycles. The number of nitrogens with zero attached hydrogens (tertiary/aromatic N) is 6. The predicted molar refractivity (Wildman–Crippen MR) is 207 cm³/mol. The van der Waals surface area contributed by atoms with Crippen molar-refractivity contribution in [3.05, 3.63) is 59.4 Å². The van der Waals surface area contributed by atoms with Crippen LogP contribution in [0.2, 0.25) is 0 Å². The minimum atomic E-state index is -1.20. The average Bonchev–Trinajstić information content (AvgIpc) is 3.63.